The van der Waals surface area contributed by atoms with Gasteiger partial charge in [-0.25, -0.2) is 4.79 Å². The molecule has 0 unspecified atom stereocenters. The zero-order chi connectivity index (χ0) is 28.0. The van der Waals surface area contributed by atoms with Crippen LogP contribution >= 0.6 is 0 Å². The van der Waals surface area contributed by atoms with Crippen molar-refractivity contribution in [3.05, 3.63) is 59.9 Å². The first-order valence-corrected chi connectivity index (χ1v) is 11.7. The van der Waals surface area contributed by atoms with Gasteiger partial charge in [0.15, 0.2) is 5.60 Å². The molecule has 11 heteroatoms. The van der Waals surface area contributed by atoms with Crippen LogP contribution in [0.1, 0.15) is 37.9 Å². The first-order valence-electron chi connectivity index (χ1n) is 11.7. The van der Waals surface area contributed by atoms with Crippen LogP contribution in [0.2, 0.25) is 0 Å². The molecule has 4 N–H and O–H groups in total. The van der Waals surface area contributed by atoms with Gasteiger partial charge in [-0.15, -0.1) is 0 Å². The van der Waals surface area contributed by atoms with Gasteiger partial charge in [0, 0.05) is 32.4 Å². The van der Waals surface area contributed by atoms with E-state index in [0.29, 0.717) is 0 Å². The summed E-state index contributed by atoms with van der Waals surface area (Å²) in [5.41, 5.74) is -0.369. The summed E-state index contributed by atoms with van der Waals surface area (Å²) in [5, 5.41) is 33.8. The fraction of sp³-hybridized carbons (Fsp3) is 0.462. The van der Waals surface area contributed by atoms with Crippen molar-refractivity contribution in [3.63, 3.8) is 0 Å². The van der Waals surface area contributed by atoms with E-state index in [-0.39, 0.29) is 6.10 Å². The fourth-order valence-electron chi connectivity index (χ4n) is 3.24. The average Bonchev–Trinajstić information content (AvgIpc) is 2.77. The summed E-state index contributed by atoms with van der Waals surface area (Å²) in [6.07, 6.45) is -0.238. The second-order valence-electron chi connectivity index (χ2n) is 9.13. The van der Waals surface area contributed by atoms with Crippen LogP contribution in [0, 0.1) is 0 Å². The Hall–Kier alpha value is -3.54. The molecule has 1 heterocycles. The van der Waals surface area contributed by atoms with Gasteiger partial charge in [0.05, 0.1) is 24.6 Å². The SMILES string of the molecule is CC(C)Oc1cccc(CN(CCN(C)C)Cc2ccccn2)c1.O=C(O)CC(O)(CC(=O)O)C(=O)O. The largest absolute Gasteiger partial charge is 0.491 e. The number of carboxylic acid groups (broad SMARTS) is 3. The molecule has 204 valence electrons. The number of aliphatic hydroxyl groups is 1. The maximum absolute atomic E-state index is 10.3. The third-order valence-corrected chi connectivity index (χ3v) is 4.94. The van der Waals surface area contributed by atoms with Gasteiger partial charge in [-0.2, -0.15) is 0 Å². The highest BCUT2D eigenvalue weighted by molar-refractivity contribution is 5.88. The average molecular weight is 520 g/mol. The Balaban J connectivity index is 0.000000448. The number of rotatable bonds is 14. The van der Waals surface area contributed by atoms with E-state index in [2.05, 4.69) is 67.0 Å². The first-order chi connectivity index (χ1) is 17.3. The number of carbonyl (C=O) groups is 3. The molecule has 0 spiro atoms. The van der Waals surface area contributed by atoms with Crippen molar-refractivity contribution in [3.8, 4) is 5.75 Å². The third-order valence-electron chi connectivity index (χ3n) is 4.94. The molecule has 0 radical (unpaired) electrons. The van der Waals surface area contributed by atoms with Crippen molar-refractivity contribution in [1.29, 1.82) is 0 Å². The lowest BCUT2D eigenvalue weighted by Crippen LogP contribution is -2.42. The highest BCUT2D eigenvalue weighted by Gasteiger charge is 2.40. The summed E-state index contributed by atoms with van der Waals surface area (Å²) in [5.74, 6) is -4.08. The number of aromatic nitrogens is 1. The highest BCUT2D eigenvalue weighted by Crippen LogP contribution is 2.17. The molecule has 1 aromatic heterocycles. The van der Waals surface area contributed by atoms with Crippen LogP contribution in [-0.2, 0) is 27.5 Å². The highest BCUT2D eigenvalue weighted by atomic mass is 16.5. The lowest BCUT2D eigenvalue weighted by Gasteiger charge is -2.24. The molecule has 0 saturated heterocycles. The van der Waals surface area contributed by atoms with E-state index in [0.717, 1.165) is 37.6 Å². The maximum atomic E-state index is 10.3. The van der Waals surface area contributed by atoms with Crippen LogP contribution in [0.4, 0.5) is 0 Å². The van der Waals surface area contributed by atoms with E-state index in [9.17, 15) is 14.4 Å². The molecule has 0 aliphatic carbocycles. The Morgan fingerprint density at radius 1 is 0.946 bits per heavy atom. The molecule has 0 amide bonds. The van der Waals surface area contributed by atoms with Gasteiger partial charge in [0.25, 0.3) is 0 Å². The molecule has 37 heavy (non-hydrogen) atoms. The molecule has 0 fully saturated rings. The Morgan fingerprint density at radius 3 is 2.08 bits per heavy atom. The van der Waals surface area contributed by atoms with Gasteiger partial charge < -0.3 is 30.1 Å². The molecular weight excluding hydrogens is 482 g/mol. The van der Waals surface area contributed by atoms with Crippen LogP contribution in [0.3, 0.4) is 0 Å². The molecule has 0 saturated carbocycles. The van der Waals surface area contributed by atoms with Crippen molar-refractivity contribution in [2.75, 3.05) is 27.2 Å². The van der Waals surface area contributed by atoms with Crippen LogP contribution in [0.15, 0.2) is 48.7 Å². The van der Waals surface area contributed by atoms with E-state index in [1.165, 1.54) is 5.56 Å². The minimum Gasteiger partial charge on any atom is -0.491 e. The van der Waals surface area contributed by atoms with E-state index in [1.807, 2.05) is 24.4 Å². The molecule has 0 bridgehead atoms. The fourth-order valence-corrected chi connectivity index (χ4v) is 3.24. The quantitative estimate of drug-likeness (QED) is 0.289. The summed E-state index contributed by atoms with van der Waals surface area (Å²) < 4.78 is 5.81. The first kappa shape index (κ1) is 31.5. The molecule has 0 atom stereocenters. The van der Waals surface area contributed by atoms with Crippen molar-refractivity contribution in [1.82, 2.24) is 14.8 Å². The van der Waals surface area contributed by atoms with E-state index in [1.54, 1.807) is 0 Å². The van der Waals surface area contributed by atoms with Gasteiger partial charge >= 0.3 is 17.9 Å². The van der Waals surface area contributed by atoms with Crippen LogP contribution in [0.25, 0.3) is 0 Å². The molecule has 0 aliphatic heterocycles. The van der Waals surface area contributed by atoms with Gasteiger partial charge in [-0.3, -0.25) is 19.5 Å². The Labute approximate surface area is 216 Å². The van der Waals surface area contributed by atoms with Crippen LogP contribution in [-0.4, -0.2) is 92.0 Å². The minimum atomic E-state index is -2.74. The number of likely N-dealkylation sites (N-methyl/N-ethyl adjacent to an activating group) is 1. The zero-order valence-corrected chi connectivity index (χ0v) is 21.7. The van der Waals surface area contributed by atoms with Crippen molar-refractivity contribution < 1.29 is 39.5 Å². The van der Waals surface area contributed by atoms with Crippen LogP contribution in [0.5, 0.6) is 5.75 Å². The second-order valence-corrected chi connectivity index (χ2v) is 9.13. The standard InChI is InChI=1S/C20H29N3O.C6H8O7/c1-17(2)24-20-10-7-8-18(14-20)15-23(13-12-22(3)4)16-19-9-5-6-11-21-19;7-3(8)1-6(13,5(11)12)2-4(9)10/h5-11,14,17H,12-13,15-16H2,1-4H3;13H,1-2H2,(H,7,8)(H,9,10)(H,11,12). The lowest BCUT2D eigenvalue weighted by atomic mass is 9.96. The molecule has 11 nitrogen and oxygen atoms in total. The molecule has 0 aliphatic rings. The van der Waals surface area contributed by atoms with Gasteiger partial charge in [-0.05, 0) is 57.8 Å². The second kappa shape index (κ2) is 15.5. The maximum Gasteiger partial charge on any atom is 0.336 e. The van der Waals surface area contributed by atoms with Crippen LogP contribution < -0.4 is 4.74 Å². The summed E-state index contributed by atoms with van der Waals surface area (Å²) in [4.78, 5) is 39.6. The zero-order valence-electron chi connectivity index (χ0n) is 21.7. The molecular formula is C26H37N3O8. The predicted octanol–water partition coefficient (Wildman–Crippen LogP) is 2.18. The minimum absolute atomic E-state index is 0.193. The topological polar surface area (TPSA) is 161 Å². The number of carboxylic acids is 3. The molecule has 1 aromatic carbocycles. The number of hydrogen-bond acceptors (Lipinski definition) is 8. The summed E-state index contributed by atoms with van der Waals surface area (Å²) in [6, 6.07) is 14.5. The smallest absolute Gasteiger partial charge is 0.336 e. The summed E-state index contributed by atoms with van der Waals surface area (Å²) >= 11 is 0. The van der Waals surface area contributed by atoms with E-state index >= 15 is 0 Å². The monoisotopic (exact) mass is 519 g/mol. The number of pyridine rings is 1. The molecule has 2 rings (SSSR count). The Morgan fingerprint density at radius 2 is 1.59 bits per heavy atom. The molecule has 2 aromatic rings. The number of aliphatic carboxylic acids is 3. The summed E-state index contributed by atoms with van der Waals surface area (Å²) in [6.45, 7) is 7.87. The lowest BCUT2D eigenvalue weighted by molar-refractivity contribution is -0.170. The number of hydrogen-bond donors (Lipinski definition) is 4. The Bertz CT molecular complexity index is 982. The van der Waals surface area contributed by atoms with E-state index in [4.69, 9.17) is 25.2 Å². The van der Waals surface area contributed by atoms with Crippen molar-refractivity contribution >= 4 is 17.9 Å². The van der Waals surface area contributed by atoms with Gasteiger partial charge in [0.2, 0.25) is 0 Å². The van der Waals surface area contributed by atoms with Crippen molar-refractivity contribution in [2.45, 2.75) is 51.5 Å². The third kappa shape index (κ3) is 13.4. The number of benzene rings is 1. The van der Waals surface area contributed by atoms with Gasteiger partial charge in [0.1, 0.15) is 5.75 Å². The van der Waals surface area contributed by atoms with E-state index < -0.39 is 36.4 Å². The predicted molar refractivity (Wildman–Crippen MR) is 136 cm³/mol. The van der Waals surface area contributed by atoms with Crippen molar-refractivity contribution in [2.24, 2.45) is 0 Å². The summed E-state index contributed by atoms with van der Waals surface area (Å²) in [7, 11) is 4.21. The number of ether oxygens (including phenoxy) is 1. The number of nitrogens with zero attached hydrogens (tertiary/aromatic N) is 3. The normalized spacial score (nSPS) is 11.2. The Kier molecular flexibility index (Phi) is 13.2. The van der Waals surface area contributed by atoms with Gasteiger partial charge in [-0.1, -0.05) is 18.2 Å².